The highest BCUT2D eigenvalue weighted by molar-refractivity contribution is 7.45. The molecule has 77 heavy (non-hydrogen) atoms. The predicted octanol–water partition coefficient (Wildman–Crippen LogP) is 21.1. The number of aliphatic hydroxyl groups is 1. The molecular weight excluding hydrogens is 972 g/mol. The Morgan fingerprint density at radius 2 is 0.701 bits per heavy atom. The van der Waals surface area contributed by atoms with E-state index in [4.69, 9.17) is 9.05 Å². The van der Waals surface area contributed by atoms with Crippen molar-refractivity contribution in [3.63, 3.8) is 0 Å². The highest BCUT2D eigenvalue weighted by Gasteiger charge is 2.23. The number of hydrogen-bond acceptors (Lipinski definition) is 6. The highest BCUT2D eigenvalue weighted by atomic mass is 31.2. The molecule has 0 aliphatic rings. The molecule has 0 bridgehead atoms. The van der Waals surface area contributed by atoms with Crippen LogP contribution in [0.15, 0.2) is 12.2 Å². The summed E-state index contributed by atoms with van der Waals surface area (Å²) in [6.07, 6.45) is 76.2. The molecule has 0 aromatic rings. The van der Waals surface area contributed by atoms with Crippen LogP contribution in [0.1, 0.15) is 367 Å². The van der Waals surface area contributed by atoms with Crippen LogP contribution >= 0.6 is 7.82 Å². The molecular formula is C68H137N2O6P. The van der Waals surface area contributed by atoms with E-state index in [9.17, 15) is 19.4 Å². The first kappa shape index (κ1) is 76.2. The van der Waals surface area contributed by atoms with Gasteiger partial charge in [-0.1, -0.05) is 353 Å². The van der Waals surface area contributed by atoms with Crippen LogP contribution in [0.25, 0.3) is 0 Å². The van der Waals surface area contributed by atoms with Crippen LogP contribution in [-0.2, 0) is 18.4 Å². The lowest BCUT2D eigenvalue weighted by atomic mass is 10.0. The van der Waals surface area contributed by atoms with Crippen molar-refractivity contribution in [3.8, 4) is 0 Å². The Morgan fingerprint density at radius 1 is 0.442 bits per heavy atom. The van der Waals surface area contributed by atoms with Gasteiger partial charge in [0.2, 0.25) is 5.91 Å². The first-order valence-corrected chi connectivity index (χ1v) is 36.0. The number of carbonyl (C=O) groups is 1. The number of carbonyl (C=O) groups excluding carboxylic acids is 1. The number of nitrogens with zero attached hydrogens (tertiary/aromatic N) is 1. The average Bonchev–Trinajstić information content (AvgIpc) is 3.39. The number of quaternary nitrogens is 1. The van der Waals surface area contributed by atoms with E-state index in [0.717, 1.165) is 38.5 Å². The number of hydrogen-bond donors (Lipinski definition) is 2. The maximum atomic E-state index is 13.0. The standard InChI is InChI=1S/C68H137N2O6P/c1-6-8-10-12-14-16-18-20-22-24-26-28-30-32-34-36-37-39-41-43-45-47-49-51-53-55-57-59-61-67(71)66(65-76-77(73,74)75-64-63-70(3,4)5)69-68(72)62-60-58-56-54-52-50-48-46-44-42-40-38-35-33-31-29-27-25-23-21-19-17-15-13-11-9-7-2/h59,61,66-67,71H,6-58,60,62-65H2,1-5H3,(H-,69,72,73,74)/b61-59+. The van der Waals surface area contributed by atoms with E-state index in [2.05, 4.69) is 19.2 Å². The molecule has 0 aromatic carbocycles. The Morgan fingerprint density at radius 3 is 0.974 bits per heavy atom. The van der Waals surface area contributed by atoms with Crippen LogP contribution in [0.2, 0.25) is 0 Å². The number of nitrogens with one attached hydrogen (secondary N) is 1. The lowest BCUT2D eigenvalue weighted by molar-refractivity contribution is -0.870. The smallest absolute Gasteiger partial charge is 0.268 e. The Balaban J connectivity index is 4.05. The molecule has 3 atom stereocenters. The molecule has 0 aliphatic carbocycles. The molecule has 0 saturated carbocycles. The summed E-state index contributed by atoms with van der Waals surface area (Å²) in [6, 6.07) is -0.883. The van der Waals surface area contributed by atoms with Crippen molar-refractivity contribution in [2.24, 2.45) is 0 Å². The van der Waals surface area contributed by atoms with Crippen LogP contribution in [0, 0.1) is 0 Å². The van der Waals surface area contributed by atoms with E-state index in [-0.39, 0.29) is 19.1 Å². The van der Waals surface area contributed by atoms with Crippen LogP contribution in [0.3, 0.4) is 0 Å². The summed E-state index contributed by atoms with van der Waals surface area (Å²) in [5, 5.41) is 14.0. The minimum atomic E-state index is -4.60. The molecule has 0 aliphatic heterocycles. The van der Waals surface area contributed by atoms with Gasteiger partial charge in [0.1, 0.15) is 13.2 Å². The van der Waals surface area contributed by atoms with E-state index in [1.165, 1.54) is 308 Å². The first-order chi connectivity index (χ1) is 37.5. The zero-order valence-corrected chi connectivity index (χ0v) is 53.6. The second kappa shape index (κ2) is 59.8. The fourth-order valence-corrected chi connectivity index (χ4v) is 11.6. The normalized spacial score (nSPS) is 13.7. The van der Waals surface area contributed by atoms with Crippen molar-refractivity contribution >= 4 is 13.7 Å². The number of phosphoric acid groups is 1. The SMILES string of the molecule is CCCCCCCCCCCCCCCCCCCCCCCCCCCC/C=C/C(O)C(COP(=O)([O-])OCC[N+](C)(C)C)NC(=O)CCCCCCCCCCCCCCCCCCCCCCCCCCCCC. The molecule has 0 heterocycles. The first-order valence-electron chi connectivity index (χ1n) is 34.6. The van der Waals surface area contributed by atoms with Crippen molar-refractivity contribution < 1.29 is 32.9 Å². The van der Waals surface area contributed by atoms with Crippen LogP contribution < -0.4 is 10.2 Å². The highest BCUT2D eigenvalue weighted by Crippen LogP contribution is 2.38. The van der Waals surface area contributed by atoms with Gasteiger partial charge < -0.3 is 28.8 Å². The molecule has 460 valence electrons. The van der Waals surface area contributed by atoms with Crippen molar-refractivity contribution in [3.05, 3.63) is 12.2 Å². The van der Waals surface area contributed by atoms with Gasteiger partial charge in [-0.15, -0.1) is 0 Å². The van der Waals surface area contributed by atoms with Gasteiger partial charge in [0, 0.05) is 6.42 Å². The summed E-state index contributed by atoms with van der Waals surface area (Å²) in [5.74, 6) is -0.187. The molecule has 0 rings (SSSR count). The molecule has 0 saturated heterocycles. The molecule has 0 fully saturated rings. The predicted molar refractivity (Wildman–Crippen MR) is 335 cm³/mol. The van der Waals surface area contributed by atoms with Crippen LogP contribution in [0.5, 0.6) is 0 Å². The summed E-state index contributed by atoms with van der Waals surface area (Å²) in [6.45, 7) is 4.72. The van der Waals surface area contributed by atoms with E-state index in [0.29, 0.717) is 17.4 Å². The van der Waals surface area contributed by atoms with Crippen molar-refractivity contribution in [2.45, 2.75) is 379 Å². The lowest BCUT2D eigenvalue weighted by Gasteiger charge is -2.29. The van der Waals surface area contributed by atoms with E-state index in [1.54, 1.807) is 6.08 Å². The summed E-state index contributed by atoms with van der Waals surface area (Å²) in [7, 11) is 1.28. The lowest BCUT2D eigenvalue weighted by Crippen LogP contribution is -2.45. The summed E-state index contributed by atoms with van der Waals surface area (Å²) < 4.78 is 23.5. The number of unbranched alkanes of at least 4 members (excludes halogenated alkanes) is 52. The number of aliphatic hydroxyl groups excluding tert-OH is 1. The van der Waals surface area contributed by atoms with Gasteiger partial charge in [-0.3, -0.25) is 9.36 Å². The molecule has 3 unspecified atom stereocenters. The number of likely N-dealkylation sites (N-methyl/N-ethyl adjacent to an activating group) is 1. The maximum absolute atomic E-state index is 13.0. The van der Waals surface area contributed by atoms with Gasteiger partial charge in [0.25, 0.3) is 7.82 Å². The largest absolute Gasteiger partial charge is 0.756 e. The molecule has 8 nitrogen and oxygen atoms in total. The number of phosphoric ester groups is 1. The van der Waals surface area contributed by atoms with Crippen LogP contribution in [0.4, 0.5) is 0 Å². The summed E-state index contributed by atoms with van der Waals surface area (Å²) >= 11 is 0. The van der Waals surface area contributed by atoms with Crippen molar-refractivity contribution in [1.82, 2.24) is 5.32 Å². The van der Waals surface area contributed by atoms with Gasteiger partial charge in [0.05, 0.1) is 39.9 Å². The Hall–Kier alpha value is -0.760. The molecule has 0 radical (unpaired) electrons. The maximum Gasteiger partial charge on any atom is 0.268 e. The van der Waals surface area contributed by atoms with Gasteiger partial charge >= 0.3 is 0 Å². The molecule has 0 aromatic heterocycles. The minimum absolute atomic E-state index is 0.00300. The molecule has 9 heteroatoms. The fourth-order valence-electron chi connectivity index (χ4n) is 10.9. The Labute approximate surface area is 482 Å². The Bertz CT molecular complexity index is 1260. The van der Waals surface area contributed by atoms with Gasteiger partial charge in [0.15, 0.2) is 0 Å². The van der Waals surface area contributed by atoms with Crippen molar-refractivity contribution in [1.29, 1.82) is 0 Å². The zero-order valence-electron chi connectivity index (χ0n) is 52.7. The Kier molecular flexibility index (Phi) is 59.3. The third-order valence-electron chi connectivity index (χ3n) is 16.2. The topological polar surface area (TPSA) is 108 Å². The summed E-state index contributed by atoms with van der Waals surface area (Å²) in [4.78, 5) is 25.6. The number of amides is 1. The third kappa shape index (κ3) is 62.7. The van der Waals surface area contributed by atoms with E-state index >= 15 is 0 Å². The van der Waals surface area contributed by atoms with Gasteiger partial charge in [-0.05, 0) is 19.3 Å². The second-order valence-corrected chi connectivity index (χ2v) is 26.7. The average molecular weight is 1110 g/mol. The van der Waals surface area contributed by atoms with E-state index < -0.39 is 20.0 Å². The second-order valence-electron chi connectivity index (χ2n) is 25.3. The number of rotatable bonds is 65. The minimum Gasteiger partial charge on any atom is -0.756 e. The van der Waals surface area contributed by atoms with Gasteiger partial charge in [-0.25, -0.2) is 0 Å². The van der Waals surface area contributed by atoms with Crippen molar-refractivity contribution in [2.75, 3.05) is 40.9 Å². The molecule has 0 spiro atoms. The number of allylic oxidation sites excluding steroid dienone is 1. The quantitative estimate of drug-likeness (QED) is 0.0272. The van der Waals surface area contributed by atoms with E-state index in [1.807, 2.05) is 27.2 Å². The van der Waals surface area contributed by atoms with Gasteiger partial charge in [-0.2, -0.15) is 0 Å². The molecule has 2 N–H and O–H groups in total. The zero-order chi connectivity index (χ0) is 56.3. The third-order valence-corrected chi connectivity index (χ3v) is 17.2. The fraction of sp³-hybridized carbons (Fsp3) is 0.956. The monoisotopic (exact) mass is 1110 g/mol. The van der Waals surface area contributed by atoms with Crippen LogP contribution in [-0.4, -0.2) is 68.5 Å². The summed E-state index contributed by atoms with van der Waals surface area (Å²) in [5.41, 5.74) is 0. The molecule has 1 amide bonds.